The van der Waals surface area contributed by atoms with Crippen LogP contribution in [-0.4, -0.2) is 13.1 Å². The molecular weight excluding hydrogens is 176 g/mol. The third-order valence-corrected chi connectivity index (χ3v) is 1.76. The molecule has 0 fully saturated rings. The number of anilines is 2. The zero-order valence-corrected chi connectivity index (χ0v) is 8.75. The van der Waals surface area contributed by atoms with Crippen molar-refractivity contribution in [3.05, 3.63) is 24.3 Å². The van der Waals surface area contributed by atoms with E-state index in [0.29, 0.717) is 0 Å². The topological polar surface area (TPSA) is 53.3 Å². The molecule has 0 aromatic heterocycles. The predicted molar refractivity (Wildman–Crippen MR) is 60.7 cm³/mol. The summed E-state index contributed by atoms with van der Waals surface area (Å²) in [5.41, 5.74) is 13.9. The number of nitrogens with one attached hydrogen (secondary N) is 2. The molecule has 0 aliphatic heterocycles. The van der Waals surface area contributed by atoms with Gasteiger partial charge in [-0.15, -0.1) is 0 Å². The van der Waals surface area contributed by atoms with Crippen LogP contribution in [0.15, 0.2) is 24.3 Å². The lowest BCUT2D eigenvalue weighted by Crippen LogP contribution is -2.48. The van der Waals surface area contributed by atoms with Crippen LogP contribution < -0.4 is 21.7 Å². The van der Waals surface area contributed by atoms with E-state index in [1.165, 1.54) is 0 Å². The number of nitrogen functional groups attached to an aromatic ring is 1. The van der Waals surface area contributed by atoms with Crippen molar-refractivity contribution >= 4 is 11.4 Å². The Bertz CT molecular complexity index is 269. The zero-order chi connectivity index (χ0) is 10.4. The minimum atomic E-state index is 0.767. The minimum absolute atomic E-state index is 0.767. The van der Waals surface area contributed by atoms with Gasteiger partial charge in [-0.2, -0.15) is 0 Å². The van der Waals surface area contributed by atoms with Crippen molar-refractivity contribution in [3.8, 4) is 0 Å². The third kappa shape index (κ3) is 2.90. The van der Waals surface area contributed by atoms with Crippen molar-refractivity contribution in [1.29, 1.82) is 0 Å². The Kier molecular flexibility index (Phi) is 4.22. The molecule has 0 bridgehead atoms. The quantitative estimate of drug-likeness (QED) is 0.486. The lowest BCUT2D eigenvalue weighted by molar-refractivity contribution is 0.550. The second-order valence-electron chi connectivity index (χ2n) is 2.95. The molecule has 78 valence electrons. The minimum Gasteiger partial charge on any atom is -0.399 e. The van der Waals surface area contributed by atoms with Gasteiger partial charge in [0.2, 0.25) is 0 Å². The van der Waals surface area contributed by atoms with Crippen LogP contribution >= 0.6 is 0 Å². The molecule has 4 nitrogen and oxygen atoms in total. The van der Waals surface area contributed by atoms with Crippen molar-refractivity contribution < 1.29 is 0 Å². The first-order chi connectivity index (χ1) is 6.77. The average Bonchev–Trinajstić information content (AvgIpc) is 2.17. The molecule has 1 aromatic rings. The summed E-state index contributed by atoms with van der Waals surface area (Å²) >= 11 is 0. The number of rotatable bonds is 5. The highest BCUT2D eigenvalue weighted by atomic mass is 15.7. The Morgan fingerprint density at radius 1 is 1.21 bits per heavy atom. The van der Waals surface area contributed by atoms with Gasteiger partial charge in [-0.1, -0.05) is 19.9 Å². The fourth-order valence-electron chi connectivity index (χ4n) is 1.22. The van der Waals surface area contributed by atoms with Crippen molar-refractivity contribution in [3.63, 3.8) is 0 Å². The molecule has 1 rings (SSSR count). The van der Waals surface area contributed by atoms with E-state index in [0.717, 1.165) is 24.5 Å². The molecular formula is C10H18N4. The largest absolute Gasteiger partial charge is 0.399 e. The molecule has 0 saturated carbocycles. The lowest BCUT2D eigenvalue weighted by atomic mass is 10.3. The van der Waals surface area contributed by atoms with Gasteiger partial charge in [0, 0.05) is 18.8 Å². The molecule has 4 heteroatoms. The normalized spacial score (nSPS) is 10.1. The van der Waals surface area contributed by atoms with Gasteiger partial charge < -0.3 is 5.73 Å². The molecule has 1 aromatic carbocycles. The van der Waals surface area contributed by atoms with Crippen LogP contribution in [-0.2, 0) is 0 Å². The van der Waals surface area contributed by atoms with Gasteiger partial charge in [-0.25, -0.2) is 16.0 Å². The van der Waals surface area contributed by atoms with E-state index in [1.807, 2.05) is 29.4 Å². The summed E-state index contributed by atoms with van der Waals surface area (Å²) in [6.07, 6.45) is 0. The summed E-state index contributed by atoms with van der Waals surface area (Å²) in [5.74, 6) is 0. The number of nitrogens with zero attached hydrogens (tertiary/aromatic N) is 1. The van der Waals surface area contributed by atoms with Gasteiger partial charge in [0.05, 0.1) is 5.69 Å². The summed E-state index contributed by atoms with van der Waals surface area (Å²) in [7, 11) is 0. The highest BCUT2D eigenvalue weighted by molar-refractivity contribution is 5.54. The molecule has 0 aliphatic rings. The Morgan fingerprint density at radius 3 is 2.36 bits per heavy atom. The summed E-state index contributed by atoms with van der Waals surface area (Å²) in [5, 5.41) is 1.89. The van der Waals surface area contributed by atoms with Gasteiger partial charge >= 0.3 is 0 Å². The second kappa shape index (κ2) is 5.47. The van der Waals surface area contributed by atoms with E-state index in [-0.39, 0.29) is 0 Å². The van der Waals surface area contributed by atoms with Gasteiger partial charge in [0.1, 0.15) is 0 Å². The van der Waals surface area contributed by atoms with Gasteiger partial charge in [-0.3, -0.25) is 0 Å². The Balaban J connectivity index is 2.75. The van der Waals surface area contributed by atoms with E-state index >= 15 is 0 Å². The summed E-state index contributed by atoms with van der Waals surface area (Å²) < 4.78 is 0. The maximum Gasteiger partial charge on any atom is 0.0722 e. The van der Waals surface area contributed by atoms with Crippen LogP contribution in [0.3, 0.4) is 0 Å². The smallest absolute Gasteiger partial charge is 0.0722 e. The molecule has 0 aliphatic carbocycles. The maximum atomic E-state index is 5.71. The summed E-state index contributed by atoms with van der Waals surface area (Å²) in [6, 6.07) is 7.74. The fraction of sp³-hybridized carbons (Fsp3) is 0.400. The van der Waals surface area contributed by atoms with Crippen molar-refractivity contribution in [2.45, 2.75) is 13.8 Å². The average molecular weight is 194 g/mol. The molecule has 0 unspecified atom stereocenters. The van der Waals surface area contributed by atoms with Crippen LogP contribution in [0.1, 0.15) is 13.8 Å². The molecule has 14 heavy (non-hydrogen) atoms. The first-order valence-corrected chi connectivity index (χ1v) is 4.90. The molecule has 0 amide bonds. The van der Waals surface area contributed by atoms with Gasteiger partial charge in [-0.05, 0) is 18.2 Å². The molecule has 0 radical (unpaired) electrons. The number of hydrazine groups is 2. The van der Waals surface area contributed by atoms with E-state index in [4.69, 9.17) is 5.73 Å². The van der Waals surface area contributed by atoms with Crippen molar-refractivity contribution in [2.24, 2.45) is 0 Å². The van der Waals surface area contributed by atoms with Crippen molar-refractivity contribution in [2.75, 3.05) is 23.9 Å². The van der Waals surface area contributed by atoms with E-state index < -0.39 is 0 Å². The highest BCUT2D eigenvalue weighted by Gasteiger charge is 2.02. The number of nitrogens with two attached hydrogens (primary N) is 1. The Morgan fingerprint density at radius 2 is 1.86 bits per heavy atom. The first kappa shape index (κ1) is 10.8. The molecule has 0 spiro atoms. The number of benzene rings is 1. The predicted octanol–water partition coefficient (Wildman–Crippen LogP) is 1.12. The monoisotopic (exact) mass is 194 g/mol. The van der Waals surface area contributed by atoms with E-state index in [1.54, 1.807) is 0 Å². The van der Waals surface area contributed by atoms with Crippen LogP contribution in [0.4, 0.5) is 11.4 Å². The zero-order valence-electron chi connectivity index (χ0n) is 8.75. The Hall–Kier alpha value is -1.26. The molecule has 4 N–H and O–H groups in total. The van der Waals surface area contributed by atoms with Crippen LogP contribution in [0.2, 0.25) is 0 Å². The first-order valence-electron chi connectivity index (χ1n) is 4.90. The fourth-order valence-corrected chi connectivity index (χ4v) is 1.22. The molecule has 0 atom stereocenters. The Labute approximate surface area is 85.0 Å². The SMILES string of the molecule is CCNN(NCC)c1cccc(N)c1. The lowest BCUT2D eigenvalue weighted by Gasteiger charge is -2.25. The van der Waals surface area contributed by atoms with Gasteiger partial charge in [0.15, 0.2) is 0 Å². The third-order valence-electron chi connectivity index (χ3n) is 1.76. The van der Waals surface area contributed by atoms with Gasteiger partial charge in [0.25, 0.3) is 0 Å². The second-order valence-corrected chi connectivity index (χ2v) is 2.95. The molecule has 0 saturated heterocycles. The standard InChI is InChI=1S/C10H18N4/c1-3-12-14(13-4-2)10-7-5-6-9(11)8-10/h5-8,12-13H,3-4,11H2,1-2H3. The van der Waals surface area contributed by atoms with E-state index in [9.17, 15) is 0 Å². The number of hydrogen-bond acceptors (Lipinski definition) is 4. The molecule has 0 heterocycles. The van der Waals surface area contributed by atoms with Crippen LogP contribution in [0.5, 0.6) is 0 Å². The van der Waals surface area contributed by atoms with Crippen LogP contribution in [0, 0.1) is 0 Å². The van der Waals surface area contributed by atoms with E-state index in [2.05, 4.69) is 24.7 Å². The van der Waals surface area contributed by atoms with Crippen molar-refractivity contribution in [1.82, 2.24) is 10.9 Å². The highest BCUT2D eigenvalue weighted by Crippen LogP contribution is 2.13. The summed E-state index contributed by atoms with van der Waals surface area (Å²) in [4.78, 5) is 0. The van der Waals surface area contributed by atoms with Crippen LogP contribution in [0.25, 0.3) is 0 Å². The maximum absolute atomic E-state index is 5.71. The number of hydrogen-bond donors (Lipinski definition) is 3. The summed E-state index contributed by atoms with van der Waals surface area (Å²) in [6.45, 7) is 5.83.